The maximum atomic E-state index is 12.9. The molecule has 0 radical (unpaired) electrons. The van der Waals surface area contributed by atoms with E-state index >= 15 is 0 Å². The lowest BCUT2D eigenvalue weighted by Gasteiger charge is -2.25. The lowest BCUT2D eigenvalue weighted by atomic mass is 10.1. The number of hydrogen-bond acceptors (Lipinski definition) is 6. The number of carbonyl (C=O) groups is 1. The van der Waals surface area contributed by atoms with Gasteiger partial charge in [-0.25, -0.2) is 4.98 Å². The smallest absolute Gasteiger partial charge is 0.348 e. The number of rotatable bonds is 4. The minimum Gasteiger partial charge on any atom is -0.348 e. The van der Waals surface area contributed by atoms with Crippen molar-refractivity contribution in [3.8, 4) is 0 Å². The monoisotopic (exact) mass is 471 g/mol. The van der Waals surface area contributed by atoms with E-state index in [2.05, 4.69) is 20.2 Å². The Morgan fingerprint density at radius 1 is 1.23 bits per heavy atom. The summed E-state index contributed by atoms with van der Waals surface area (Å²) >= 11 is 7.13. The van der Waals surface area contributed by atoms with Crippen molar-refractivity contribution in [1.82, 2.24) is 14.5 Å². The second-order valence-electron chi connectivity index (χ2n) is 7.12. The van der Waals surface area contributed by atoms with Crippen LogP contribution in [0.4, 0.5) is 24.0 Å². The number of halogens is 4. The van der Waals surface area contributed by atoms with Crippen LogP contribution in [0.3, 0.4) is 0 Å². The number of anilines is 2. The molecule has 2 aromatic heterocycles. The molecule has 0 unspecified atom stereocenters. The standard InChI is InChI=1S/C19H17ClF3N5O2S/c20-12-5-4-11(19(21,22)23)8-13(12)25-14(29)9-28-10-24-16-15(17(28)30)31-18(26-16)27-6-2-1-3-7-27/h4-5,8,10H,1-3,6-7,9H2,(H,25,29). The molecule has 1 amide bonds. The Bertz CT molecular complexity index is 1190. The number of benzene rings is 1. The number of thiazole rings is 1. The van der Waals surface area contributed by atoms with Gasteiger partial charge in [0, 0.05) is 13.1 Å². The normalized spacial score (nSPS) is 14.8. The van der Waals surface area contributed by atoms with Gasteiger partial charge < -0.3 is 10.2 Å². The third kappa shape index (κ3) is 4.67. The number of nitrogens with one attached hydrogen (secondary N) is 1. The number of amides is 1. The molecular weight excluding hydrogens is 455 g/mol. The van der Waals surface area contributed by atoms with Gasteiger partial charge in [0.05, 0.1) is 16.3 Å². The van der Waals surface area contributed by atoms with Crippen LogP contribution in [-0.2, 0) is 17.5 Å². The van der Waals surface area contributed by atoms with E-state index in [4.69, 9.17) is 11.6 Å². The van der Waals surface area contributed by atoms with Crippen molar-refractivity contribution in [3.05, 3.63) is 45.5 Å². The molecule has 0 spiro atoms. The van der Waals surface area contributed by atoms with E-state index in [1.165, 1.54) is 17.7 Å². The molecule has 3 heterocycles. The van der Waals surface area contributed by atoms with E-state index in [1.54, 1.807) is 0 Å². The molecule has 0 saturated carbocycles. The summed E-state index contributed by atoms with van der Waals surface area (Å²) in [4.78, 5) is 35.9. The van der Waals surface area contributed by atoms with E-state index in [0.717, 1.165) is 60.2 Å². The number of nitrogens with zero attached hydrogens (tertiary/aromatic N) is 4. The van der Waals surface area contributed by atoms with Gasteiger partial charge in [0.1, 0.15) is 17.6 Å². The van der Waals surface area contributed by atoms with Crippen molar-refractivity contribution in [3.63, 3.8) is 0 Å². The van der Waals surface area contributed by atoms with Crippen LogP contribution in [0.15, 0.2) is 29.3 Å². The fraction of sp³-hybridized carbons (Fsp3) is 0.368. The quantitative estimate of drug-likeness (QED) is 0.618. The summed E-state index contributed by atoms with van der Waals surface area (Å²) < 4.78 is 40.1. The number of piperidine rings is 1. The molecule has 1 N–H and O–H groups in total. The summed E-state index contributed by atoms with van der Waals surface area (Å²) in [5, 5.41) is 3.00. The predicted molar refractivity (Wildman–Crippen MR) is 113 cm³/mol. The third-order valence-electron chi connectivity index (χ3n) is 4.88. The first-order chi connectivity index (χ1) is 14.7. The lowest BCUT2D eigenvalue weighted by molar-refractivity contribution is -0.137. The van der Waals surface area contributed by atoms with Gasteiger partial charge in [-0.05, 0) is 37.5 Å². The zero-order valence-corrected chi connectivity index (χ0v) is 17.6. The van der Waals surface area contributed by atoms with Crippen LogP contribution in [0.1, 0.15) is 24.8 Å². The van der Waals surface area contributed by atoms with E-state index < -0.39 is 29.8 Å². The molecule has 1 fully saturated rings. The van der Waals surface area contributed by atoms with Gasteiger partial charge in [-0.15, -0.1) is 0 Å². The van der Waals surface area contributed by atoms with Crippen molar-refractivity contribution >= 4 is 50.0 Å². The molecule has 1 aliphatic rings. The largest absolute Gasteiger partial charge is 0.416 e. The third-order valence-corrected chi connectivity index (χ3v) is 6.30. The summed E-state index contributed by atoms with van der Waals surface area (Å²) in [5.74, 6) is -0.703. The van der Waals surface area contributed by atoms with Gasteiger partial charge >= 0.3 is 6.18 Å². The van der Waals surface area contributed by atoms with E-state index in [1.807, 2.05) is 0 Å². The molecule has 1 aliphatic heterocycles. The van der Waals surface area contributed by atoms with E-state index in [-0.39, 0.29) is 10.7 Å². The van der Waals surface area contributed by atoms with Crippen molar-refractivity contribution in [2.75, 3.05) is 23.3 Å². The number of alkyl halides is 3. The molecule has 1 saturated heterocycles. The molecule has 164 valence electrons. The molecule has 12 heteroatoms. The fourth-order valence-corrected chi connectivity index (χ4v) is 4.50. The van der Waals surface area contributed by atoms with Crippen LogP contribution in [0.5, 0.6) is 0 Å². The fourth-order valence-electron chi connectivity index (χ4n) is 3.31. The number of carbonyl (C=O) groups excluding carboxylic acids is 1. The first-order valence-electron chi connectivity index (χ1n) is 9.50. The van der Waals surface area contributed by atoms with Gasteiger partial charge in [-0.1, -0.05) is 22.9 Å². The topological polar surface area (TPSA) is 80.1 Å². The first kappa shape index (κ1) is 21.6. The first-order valence-corrected chi connectivity index (χ1v) is 10.7. The number of fused-ring (bicyclic) bond motifs is 1. The second kappa shape index (κ2) is 8.46. The zero-order chi connectivity index (χ0) is 22.2. The van der Waals surface area contributed by atoms with Gasteiger partial charge in [0.25, 0.3) is 5.56 Å². The maximum Gasteiger partial charge on any atom is 0.416 e. The molecule has 4 rings (SSSR count). The van der Waals surface area contributed by atoms with Crippen LogP contribution in [0.25, 0.3) is 10.3 Å². The minimum absolute atomic E-state index is 0.0455. The van der Waals surface area contributed by atoms with Gasteiger partial charge in [-0.3, -0.25) is 14.2 Å². The zero-order valence-electron chi connectivity index (χ0n) is 16.1. The molecule has 7 nitrogen and oxygen atoms in total. The van der Waals surface area contributed by atoms with Crippen molar-refractivity contribution in [1.29, 1.82) is 0 Å². The Hall–Kier alpha value is -2.66. The molecule has 0 aliphatic carbocycles. The molecule has 0 atom stereocenters. The van der Waals surface area contributed by atoms with Crippen LogP contribution >= 0.6 is 22.9 Å². The summed E-state index contributed by atoms with van der Waals surface area (Å²) in [7, 11) is 0. The van der Waals surface area contributed by atoms with Crippen molar-refractivity contribution in [2.24, 2.45) is 0 Å². The summed E-state index contributed by atoms with van der Waals surface area (Å²) in [6.07, 6.45) is -0.0823. The predicted octanol–water partition coefficient (Wildman–Crippen LogP) is 4.15. The average molecular weight is 472 g/mol. The SMILES string of the molecule is O=C(Cn1cnc2nc(N3CCCCC3)sc2c1=O)Nc1cc(C(F)(F)F)ccc1Cl. The van der Waals surface area contributed by atoms with Crippen molar-refractivity contribution in [2.45, 2.75) is 32.0 Å². The number of aromatic nitrogens is 3. The average Bonchev–Trinajstić information content (AvgIpc) is 3.17. The van der Waals surface area contributed by atoms with Crippen LogP contribution in [0, 0.1) is 0 Å². The van der Waals surface area contributed by atoms with Gasteiger partial charge in [0.15, 0.2) is 10.8 Å². The van der Waals surface area contributed by atoms with Gasteiger partial charge in [0.2, 0.25) is 5.91 Å². The Morgan fingerprint density at radius 3 is 2.68 bits per heavy atom. The molecule has 3 aromatic rings. The number of hydrogen-bond donors (Lipinski definition) is 1. The Balaban J connectivity index is 1.54. The lowest BCUT2D eigenvalue weighted by Crippen LogP contribution is -2.29. The summed E-state index contributed by atoms with van der Waals surface area (Å²) in [6, 6.07) is 2.63. The Kier molecular flexibility index (Phi) is 5.89. The Labute approximate surface area is 183 Å². The molecule has 1 aromatic carbocycles. The van der Waals surface area contributed by atoms with Gasteiger partial charge in [-0.2, -0.15) is 18.2 Å². The van der Waals surface area contributed by atoms with Crippen LogP contribution in [0.2, 0.25) is 5.02 Å². The maximum absolute atomic E-state index is 12.9. The van der Waals surface area contributed by atoms with Crippen LogP contribution in [-0.4, -0.2) is 33.5 Å². The highest BCUT2D eigenvalue weighted by molar-refractivity contribution is 7.22. The highest BCUT2D eigenvalue weighted by atomic mass is 35.5. The van der Waals surface area contributed by atoms with E-state index in [0.29, 0.717) is 10.3 Å². The second-order valence-corrected chi connectivity index (χ2v) is 8.50. The molecular formula is C19H17ClF3N5O2S. The highest BCUT2D eigenvalue weighted by Crippen LogP contribution is 2.34. The summed E-state index contributed by atoms with van der Waals surface area (Å²) in [6.45, 7) is 1.31. The van der Waals surface area contributed by atoms with Crippen molar-refractivity contribution < 1.29 is 18.0 Å². The summed E-state index contributed by atoms with van der Waals surface area (Å²) in [5.41, 5.74) is -1.25. The molecule has 0 bridgehead atoms. The minimum atomic E-state index is -4.58. The van der Waals surface area contributed by atoms with E-state index in [9.17, 15) is 22.8 Å². The molecule has 31 heavy (non-hydrogen) atoms. The Morgan fingerprint density at radius 2 is 1.97 bits per heavy atom. The van der Waals surface area contributed by atoms with Crippen LogP contribution < -0.4 is 15.8 Å². The highest BCUT2D eigenvalue weighted by Gasteiger charge is 2.31.